The molecule has 0 spiro atoms. The van der Waals surface area contributed by atoms with Crippen LogP contribution in [-0.2, 0) is 17.1 Å². The number of fused-ring (bicyclic) bond motifs is 2. The summed E-state index contributed by atoms with van der Waals surface area (Å²) in [6.07, 6.45) is 4.89. The van der Waals surface area contributed by atoms with Crippen LogP contribution in [0.5, 0.6) is 0 Å². The minimum absolute atomic E-state index is 0.221. The van der Waals surface area contributed by atoms with Crippen molar-refractivity contribution in [2.45, 2.75) is 11.8 Å². The molecule has 0 atom stereocenters. The van der Waals surface area contributed by atoms with Crippen molar-refractivity contribution in [2.24, 2.45) is 7.05 Å². The van der Waals surface area contributed by atoms with Crippen LogP contribution in [0.15, 0.2) is 72.0 Å². The Bertz CT molecular complexity index is 1530. The Balaban J connectivity index is 1.71. The summed E-state index contributed by atoms with van der Waals surface area (Å²) in [7, 11) is -1.90. The van der Waals surface area contributed by atoms with Gasteiger partial charge in [0.15, 0.2) is 5.65 Å². The molecule has 7 nitrogen and oxygen atoms in total. The molecule has 0 saturated heterocycles. The molecule has 3 aromatic heterocycles. The number of nitrogen functional groups attached to an aromatic ring is 1. The summed E-state index contributed by atoms with van der Waals surface area (Å²) < 4.78 is 29.4. The molecule has 0 bridgehead atoms. The Morgan fingerprint density at radius 2 is 1.77 bits per heavy atom. The van der Waals surface area contributed by atoms with Gasteiger partial charge in [-0.3, -0.25) is 4.68 Å². The van der Waals surface area contributed by atoms with E-state index in [0.717, 1.165) is 33.0 Å². The Labute approximate surface area is 173 Å². The number of hydrogen-bond donors (Lipinski definition) is 1. The smallest absolute Gasteiger partial charge is 0.269 e. The molecule has 3 heterocycles. The first kappa shape index (κ1) is 18.4. The number of hydrogen-bond acceptors (Lipinski definition) is 5. The summed E-state index contributed by atoms with van der Waals surface area (Å²) in [5.41, 5.74) is 10.9. The van der Waals surface area contributed by atoms with Crippen LogP contribution in [0.2, 0.25) is 0 Å². The Kier molecular flexibility index (Phi) is 3.94. The van der Waals surface area contributed by atoms with E-state index in [2.05, 4.69) is 10.1 Å². The Morgan fingerprint density at radius 3 is 2.53 bits per heavy atom. The first-order chi connectivity index (χ1) is 14.4. The van der Waals surface area contributed by atoms with Crippen LogP contribution in [0.3, 0.4) is 0 Å². The second-order valence-electron chi connectivity index (χ2n) is 7.29. The Hall–Kier alpha value is -3.65. The standard InChI is InChI=1S/C22H19N5O2S/c1-14-3-5-16(6-4-14)30(28,29)27-10-8-18-17(7-9-24-22(18)27)15-11-20(23)19-13-25-26(2)21(19)12-15/h3-13H,23H2,1-2H3. The maximum absolute atomic E-state index is 13.2. The average molecular weight is 417 g/mol. The fourth-order valence-corrected chi connectivity index (χ4v) is 5.02. The van der Waals surface area contributed by atoms with Gasteiger partial charge in [0, 0.05) is 35.9 Å². The molecule has 0 aliphatic rings. The fourth-order valence-electron chi connectivity index (χ4n) is 3.71. The monoisotopic (exact) mass is 417 g/mol. The van der Waals surface area contributed by atoms with Crippen LogP contribution in [0.1, 0.15) is 5.56 Å². The average Bonchev–Trinajstić information content (AvgIpc) is 3.33. The number of pyridine rings is 1. The lowest BCUT2D eigenvalue weighted by molar-refractivity contribution is 0.588. The van der Waals surface area contributed by atoms with E-state index in [-0.39, 0.29) is 4.90 Å². The van der Waals surface area contributed by atoms with Crippen molar-refractivity contribution in [1.82, 2.24) is 18.7 Å². The lowest BCUT2D eigenvalue weighted by Crippen LogP contribution is -2.12. The highest BCUT2D eigenvalue weighted by atomic mass is 32.2. The van der Waals surface area contributed by atoms with Gasteiger partial charge in [-0.15, -0.1) is 0 Å². The first-order valence-electron chi connectivity index (χ1n) is 9.36. The van der Waals surface area contributed by atoms with Crippen LogP contribution in [0, 0.1) is 6.92 Å². The van der Waals surface area contributed by atoms with Crippen molar-refractivity contribution in [2.75, 3.05) is 5.73 Å². The highest BCUT2D eigenvalue weighted by Crippen LogP contribution is 2.34. The molecule has 150 valence electrons. The Morgan fingerprint density at radius 1 is 1.00 bits per heavy atom. The van der Waals surface area contributed by atoms with E-state index >= 15 is 0 Å². The van der Waals surface area contributed by atoms with Gasteiger partial charge in [-0.1, -0.05) is 17.7 Å². The number of nitrogens with zero attached hydrogens (tertiary/aromatic N) is 4. The SMILES string of the molecule is Cc1ccc(S(=O)(=O)n2ccc3c(-c4cc(N)c5cnn(C)c5c4)ccnc32)cc1. The second kappa shape index (κ2) is 6.43. The van der Waals surface area contributed by atoms with Crippen LogP contribution in [0.4, 0.5) is 5.69 Å². The van der Waals surface area contributed by atoms with Gasteiger partial charge < -0.3 is 5.73 Å². The van der Waals surface area contributed by atoms with Crippen molar-refractivity contribution >= 4 is 37.6 Å². The van der Waals surface area contributed by atoms with Gasteiger partial charge in [0.2, 0.25) is 0 Å². The zero-order valence-corrected chi connectivity index (χ0v) is 17.3. The number of rotatable bonds is 3. The van der Waals surface area contributed by atoms with Crippen molar-refractivity contribution < 1.29 is 8.42 Å². The van der Waals surface area contributed by atoms with E-state index in [1.807, 2.05) is 32.2 Å². The van der Waals surface area contributed by atoms with Crippen molar-refractivity contribution in [3.05, 3.63) is 72.7 Å². The molecule has 0 fully saturated rings. The molecule has 0 aliphatic carbocycles. The quantitative estimate of drug-likeness (QED) is 0.452. The fraction of sp³-hybridized carbons (Fsp3) is 0.0909. The highest BCUT2D eigenvalue weighted by molar-refractivity contribution is 7.90. The molecule has 0 unspecified atom stereocenters. The number of nitrogens with two attached hydrogens (primary N) is 1. The van der Waals surface area contributed by atoms with E-state index in [1.54, 1.807) is 53.6 Å². The lowest BCUT2D eigenvalue weighted by Gasteiger charge is -2.09. The topological polar surface area (TPSA) is 95.8 Å². The van der Waals surface area contributed by atoms with E-state index in [9.17, 15) is 8.42 Å². The van der Waals surface area contributed by atoms with Gasteiger partial charge in [-0.25, -0.2) is 17.4 Å². The largest absolute Gasteiger partial charge is 0.398 e. The first-order valence-corrected chi connectivity index (χ1v) is 10.8. The maximum atomic E-state index is 13.2. The molecule has 0 saturated carbocycles. The summed E-state index contributed by atoms with van der Waals surface area (Å²) in [5.74, 6) is 0. The van der Waals surface area contributed by atoms with Crippen LogP contribution in [0.25, 0.3) is 33.1 Å². The molecular formula is C22H19N5O2S. The normalized spacial score (nSPS) is 12.1. The summed E-state index contributed by atoms with van der Waals surface area (Å²) >= 11 is 0. The minimum Gasteiger partial charge on any atom is -0.398 e. The summed E-state index contributed by atoms with van der Waals surface area (Å²) in [4.78, 5) is 4.58. The third kappa shape index (κ3) is 2.68. The van der Waals surface area contributed by atoms with Gasteiger partial charge in [-0.05, 0) is 54.4 Å². The summed E-state index contributed by atoms with van der Waals surface area (Å²) in [6.45, 7) is 1.92. The zero-order valence-electron chi connectivity index (χ0n) is 16.4. The molecule has 5 aromatic rings. The predicted molar refractivity (Wildman–Crippen MR) is 118 cm³/mol. The lowest BCUT2D eigenvalue weighted by atomic mass is 10.0. The van der Waals surface area contributed by atoms with Gasteiger partial charge >= 0.3 is 0 Å². The van der Waals surface area contributed by atoms with Gasteiger partial charge in [0.1, 0.15) is 0 Å². The zero-order chi connectivity index (χ0) is 21.0. The van der Waals surface area contributed by atoms with Crippen molar-refractivity contribution in [3.8, 4) is 11.1 Å². The van der Waals surface area contributed by atoms with Gasteiger partial charge in [0.05, 0.1) is 16.6 Å². The minimum atomic E-state index is -3.76. The highest BCUT2D eigenvalue weighted by Gasteiger charge is 2.21. The third-order valence-electron chi connectivity index (χ3n) is 5.34. The van der Waals surface area contributed by atoms with Crippen molar-refractivity contribution in [1.29, 1.82) is 0 Å². The second-order valence-corrected chi connectivity index (χ2v) is 9.11. The van der Waals surface area contributed by atoms with Crippen LogP contribution >= 0.6 is 0 Å². The van der Waals surface area contributed by atoms with Crippen LogP contribution < -0.4 is 5.73 Å². The molecule has 8 heteroatoms. The molecular weight excluding hydrogens is 398 g/mol. The molecule has 2 aromatic carbocycles. The van der Waals surface area contributed by atoms with Crippen LogP contribution in [-0.4, -0.2) is 27.2 Å². The van der Waals surface area contributed by atoms with Crippen molar-refractivity contribution in [3.63, 3.8) is 0 Å². The van der Waals surface area contributed by atoms with E-state index in [1.165, 1.54) is 3.97 Å². The van der Waals surface area contributed by atoms with E-state index < -0.39 is 10.0 Å². The molecule has 0 amide bonds. The van der Waals surface area contributed by atoms with E-state index in [0.29, 0.717) is 11.3 Å². The number of benzene rings is 2. The maximum Gasteiger partial charge on any atom is 0.269 e. The number of anilines is 1. The third-order valence-corrected chi connectivity index (χ3v) is 7.02. The number of aromatic nitrogens is 4. The predicted octanol–water partition coefficient (Wildman–Crippen LogP) is 3.72. The molecule has 5 rings (SSSR count). The summed E-state index contributed by atoms with van der Waals surface area (Å²) in [5, 5.41) is 5.88. The number of aryl methyl sites for hydroxylation is 2. The van der Waals surface area contributed by atoms with E-state index in [4.69, 9.17) is 5.73 Å². The molecule has 0 radical (unpaired) electrons. The molecule has 0 aliphatic heterocycles. The summed E-state index contributed by atoms with van der Waals surface area (Å²) in [6, 6.07) is 14.3. The van der Waals surface area contributed by atoms with Gasteiger partial charge in [0.25, 0.3) is 10.0 Å². The van der Waals surface area contributed by atoms with Gasteiger partial charge in [-0.2, -0.15) is 5.10 Å². The molecule has 30 heavy (non-hydrogen) atoms. The molecule has 2 N–H and O–H groups in total.